The monoisotopic (exact) mass is 410 g/mol. The van der Waals surface area contributed by atoms with Gasteiger partial charge in [0.05, 0.1) is 5.92 Å². The third-order valence-corrected chi connectivity index (χ3v) is 6.35. The van der Waals surface area contributed by atoms with Crippen LogP contribution in [-0.4, -0.2) is 11.7 Å². The molecule has 0 bridgehead atoms. The SMILES string of the molecule is CC1=C(C(=O)Nc2ccc(F)cc2)[C@H](c2cccs2)C2=C(CC(C)(C)CC2=O)N1. The second kappa shape index (κ2) is 7.26. The number of halogens is 1. The molecule has 1 amide bonds. The quantitative estimate of drug-likeness (QED) is 0.738. The van der Waals surface area contributed by atoms with Gasteiger partial charge in [0.1, 0.15) is 5.82 Å². The molecule has 0 saturated heterocycles. The van der Waals surface area contributed by atoms with Gasteiger partial charge in [-0.2, -0.15) is 0 Å². The van der Waals surface area contributed by atoms with Gasteiger partial charge in [-0.15, -0.1) is 11.3 Å². The number of Topliss-reactive ketones (excluding diaryl/α,β-unsaturated/α-hetero) is 1. The Morgan fingerprint density at radius 3 is 2.59 bits per heavy atom. The molecule has 29 heavy (non-hydrogen) atoms. The molecule has 0 spiro atoms. The highest BCUT2D eigenvalue weighted by Gasteiger charge is 2.43. The van der Waals surface area contributed by atoms with E-state index in [2.05, 4.69) is 24.5 Å². The van der Waals surface area contributed by atoms with Crippen molar-refractivity contribution >= 4 is 28.7 Å². The molecule has 0 fully saturated rings. The lowest BCUT2D eigenvalue weighted by molar-refractivity contribution is -0.118. The highest BCUT2D eigenvalue weighted by molar-refractivity contribution is 7.10. The largest absolute Gasteiger partial charge is 0.362 e. The first-order valence-electron chi connectivity index (χ1n) is 9.59. The summed E-state index contributed by atoms with van der Waals surface area (Å²) in [5, 5.41) is 8.16. The topological polar surface area (TPSA) is 58.2 Å². The van der Waals surface area contributed by atoms with Crippen LogP contribution in [0.25, 0.3) is 0 Å². The standard InChI is InChI=1S/C23H23FN2O2S/c1-13-19(22(28)26-15-8-6-14(24)7-9-15)21(18-5-4-10-29-18)20-16(25-13)11-23(2,3)12-17(20)27/h4-10,21,25H,11-12H2,1-3H3,(H,26,28)/t21-/m0/s1. The molecular weight excluding hydrogens is 387 g/mol. The molecule has 1 aliphatic heterocycles. The van der Waals surface area contributed by atoms with E-state index in [0.717, 1.165) is 22.7 Å². The lowest BCUT2D eigenvalue weighted by atomic mass is 9.69. The van der Waals surface area contributed by atoms with E-state index in [1.807, 2.05) is 24.4 Å². The Balaban J connectivity index is 1.75. The number of carbonyl (C=O) groups is 2. The first kappa shape index (κ1) is 19.6. The van der Waals surface area contributed by atoms with Gasteiger partial charge in [0.15, 0.2) is 5.78 Å². The van der Waals surface area contributed by atoms with Gasteiger partial charge in [0.2, 0.25) is 0 Å². The van der Waals surface area contributed by atoms with E-state index in [1.54, 1.807) is 11.3 Å². The van der Waals surface area contributed by atoms with E-state index in [0.29, 0.717) is 23.3 Å². The van der Waals surface area contributed by atoms with Gasteiger partial charge in [-0.3, -0.25) is 9.59 Å². The molecular formula is C23H23FN2O2S. The number of carbonyl (C=O) groups excluding carboxylic acids is 2. The van der Waals surface area contributed by atoms with Gasteiger partial charge in [-0.25, -0.2) is 4.39 Å². The van der Waals surface area contributed by atoms with Crippen LogP contribution >= 0.6 is 11.3 Å². The first-order chi connectivity index (χ1) is 13.7. The van der Waals surface area contributed by atoms with E-state index >= 15 is 0 Å². The second-order valence-electron chi connectivity index (χ2n) is 8.41. The van der Waals surface area contributed by atoms with E-state index < -0.39 is 5.92 Å². The fourth-order valence-electron chi connectivity index (χ4n) is 4.21. The van der Waals surface area contributed by atoms with Gasteiger partial charge >= 0.3 is 0 Å². The molecule has 2 heterocycles. The minimum atomic E-state index is -0.393. The van der Waals surface area contributed by atoms with Crippen molar-refractivity contribution in [2.24, 2.45) is 5.41 Å². The number of dihydropyridines is 1. The molecule has 1 aliphatic carbocycles. The van der Waals surface area contributed by atoms with Crippen molar-refractivity contribution in [2.75, 3.05) is 5.32 Å². The smallest absolute Gasteiger partial charge is 0.254 e. The van der Waals surface area contributed by atoms with Crippen molar-refractivity contribution in [1.29, 1.82) is 0 Å². The molecule has 1 aromatic carbocycles. The zero-order valence-corrected chi connectivity index (χ0v) is 17.5. The summed E-state index contributed by atoms with van der Waals surface area (Å²) in [5.74, 6) is -0.958. The van der Waals surface area contributed by atoms with Crippen LogP contribution in [0.15, 0.2) is 64.3 Å². The van der Waals surface area contributed by atoms with E-state index in [4.69, 9.17) is 0 Å². The van der Waals surface area contributed by atoms with Crippen LogP contribution in [0, 0.1) is 11.2 Å². The molecule has 2 N–H and O–H groups in total. The number of benzene rings is 1. The van der Waals surface area contributed by atoms with Crippen molar-refractivity contribution in [1.82, 2.24) is 5.32 Å². The van der Waals surface area contributed by atoms with Crippen LogP contribution in [0.3, 0.4) is 0 Å². The van der Waals surface area contributed by atoms with Crippen molar-refractivity contribution in [3.63, 3.8) is 0 Å². The normalized spacial score (nSPS) is 21.0. The molecule has 1 atom stereocenters. The molecule has 6 heteroatoms. The highest BCUT2D eigenvalue weighted by Crippen LogP contribution is 2.47. The van der Waals surface area contributed by atoms with E-state index in [-0.39, 0.29) is 22.9 Å². The van der Waals surface area contributed by atoms with Gasteiger partial charge in [-0.1, -0.05) is 19.9 Å². The maximum Gasteiger partial charge on any atom is 0.254 e. The maximum absolute atomic E-state index is 13.2. The number of amides is 1. The summed E-state index contributed by atoms with van der Waals surface area (Å²) >= 11 is 1.54. The number of rotatable bonds is 3. The van der Waals surface area contributed by atoms with Crippen LogP contribution in [0.2, 0.25) is 0 Å². The van der Waals surface area contributed by atoms with Crippen LogP contribution < -0.4 is 10.6 Å². The van der Waals surface area contributed by atoms with Gasteiger partial charge in [0.25, 0.3) is 5.91 Å². The average Bonchev–Trinajstić information content (AvgIpc) is 3.15. The Hall–Kier alpha value is -2.73. The second-order valence-corrected chi connectivity index (χ2v) is 9.39. The summed E-state index contributed by atoms with van der Waals surface area (Å²) in [7, 11) is 0. The minimum absolute atomic E-state index is 0.0849. The average molecular weight is 411 g/mol. The molecule has 2 aromatic rings. The molecule has 0 saturated carbocycles. The number of allylic oxidation sites excluding steroid dienone is 3. The Morgan fingerprint density at radius 2 is 1.93 bits per heavy atom. The summed E-state index contributed by atoms with van der Waals surface area (Å²) in [4.78, 5) is 27.3. The minimum Gasteiger partial charge on any atom is -0.362 e. The number of ketones is 1. The molecule has 2 aliphatic rings. The van der Waals surface area contributed by atoms with Crippen LogP contribution in [0.1, 0.15) is 44.4 Å². The van der Waals surface area contributed by atoms with Gasteiger partial charge < -0.3 is 10.6 Å². The number of hydrogen-bond donors (Lipinski definition) is 2. The lowest BCUT2D eigenvalue weighted by Crippen LogP contribution is -2.39. The number of hydrogen-bond acceptors (Lipinski definition) is 4. The summed E-state index contributed by atoms with van der Waals surface area (Å²) < 4.78 is 13.2. The molecule has 150 valence electrons. The Kier molecular flexibility index (Phi) is 4.90. The summed E-state index contributed by atoms with van der Waals surface area (Å²) in [6.45, 7) is 6.05. The van der Waals surface area contributed by atoms with Gasteiger partial charge in [-0.05, 0) is 54.5 Å². The maximum atomic E-state index is 13.2. The van der Waals surface area contributed by atoms with Crippen molar-refractivity contribution in [2.45, 2.75) is 39.5 Å². The molecule has 4 nitrogen and oxygen atoms in total. The van der Waals surface area contributed by atoms with Crippen LogP contribution in [0.4, 0.5) is 10.1 Å². The number of anilines is 1. The van der Waals surface area contributed by atoms with Crippen molar-refractivity contribution in [3.05, 3.63) is 75.0 Å². The Labute approximate surface area is 173 Å². The summed E-state index contributed by atoms with van der Waals surface area (Å²) in [6.07, 6.45) is 1.22. The summed E-state index contributed by atoms with van der Waals surface area (Å²) in [5.41, 5.74) is 3.28. The predicted octanol–water partition coefficient (Wildman–Crippen LogP) is 5.13. The van der Waals surface area contributed by atoms with Crippen LogP contribution in [0.5, 0.6) is 0 Å². The third-order valence-electron chi connectivity index (χ3n) is 5.41. The Bertz CT molecular complexity index is 1030. The number of nitrogens with one attached hydrogen (secondary N) is 2. The van der Waals surface area contributed by atoms with Crippen molar-refractivity contribution < 1.29 is 14.0 Å². The first-order valence-corrected chi connectivity index (χ1v) is 10.5. The molecule has 4 rings (SSSR count). The number of thiophene rings is 1. The van der Waals surface area contributed by atoms with E-state index in [9.17, 15) is 14.0 Å². The molecule has 1 aromatic heterocycles. The Morgan fingerprint density at radius 1 is 1.21 bits per heavy atom. The highest BCUT2D eigenvalue weighted by atomic mass is 32.1. The van der Waals surface area contributed by atoms with E-state index in [1.165, 1.54) is 24.3 Å². The van der Waals surface area contributed by atoms with Crippen molar-refractivity contribution in [3.8, 4) is 0 Å². The molecule has 0 unspecified atom stereocenters. The lowest BCUT2D eigenvalue weighted by Gasteiger charge is -2.39. The predicted molar refractivity (Wildman–Crippen MR) is 113 cm³/mol. The fourth-order valence-corrected chi connectivity index (χ4v) is 5.05. The fraction of sp³-hybridized carbons (Fsp3) is 0.304. The zero-order chi connectivity index (χ0) is 20.8. The van der Waals surface area contributed by atoms with Gasteiger partial charge in [0, 0.05) is 39.5 Å². The van der Waals surface area contributed by atoms with Crippen LogP contribution in [-0.2, 0) is 9.59 Å². The zero-order valence-electron chi connectivity index (χ0n) is 16.6. The third kappa shape index (κ3) is 3.77. The molecule has 0 radical (unpaired) electrons. The summed E-state index contributed by atoms with van der Waals surface area (Å²) in [6, 6.07) is 9.57.